The highest BCUT2D eigenvalue weighted by atomic mass is 16.5. The highest BCUT2D eigenvalue weighted by Crippen LogP contribution is 2.32. The molecule has 2 aromatic carbocycles. The first-order valence-corrected chi connectivity index (χ1v) is 7.64. The molecule has 1 N–H and O–H groups in total. The minimum Gasteiger partial charge on any atom is -0.496 e. The van der Waals surface area contributed by atoms with Gasteiger partial charge in [0.15, 0.2) is 0 Å². The second-order valence-corrected chi connectivity index (χ2v) is 5.91. The monoisotopic (exact) mass is 281 g/mol. The summed E-state index contributed by atoms with van der Waals surface area (Å²) >= 11 is 0. The molecule has 0 amide bonds. The first kappa shape index (κ1) is 14.2. The van der Waals surface area contributed by atoms with Crippen LogP contribution in [-0.4, -0.2) is 13.7 Å². The topological polar surface area (TPSA) is 21.3 Å². The van der Waals surface area contributed by atoms with Crippen LogP contribution in [0.2, 0.25) is 0 Å². The first-order chi connectivity index (χ1) is 10.2. The molecule has 0 aromatic heterocycles. The molecule has 0 bridgehead atoms. The van der Waals surface area contributed by atoms with Gasteiger partial charge in [-0.15, -0.1) is 0 Å². The van der Waals surface area contributed by atoms with Gasteiger partial charge in [-0.05, 0) is 61.6 Å². The highest BCUT2D eigenvalue weighted by molar-refractivity contribution is 5.44. The number of rotatable bonds is 3. The van der Waals surface area contributed by atoms with Crippen LogP contribution in [0.3, 0.4) is 0 Å². The van der Waals surface area contributed by atoms with Crippen molar-refractivity contribution in [2.24, 2.45) is 0 Å². The summed E-state index contributed by atoms with van der Waals surface area (Å²) in [5, 5.41) is 3.65. The van der Waals surface area contributed by atoms with Crippen LogP contribution in [0.4, 0.5) is 0 Å². The number of fused-ring (bicyclic) bond motifs is 1. The molecular formula is C19H23NO. The van der Waals surface area contributed by atoms with E-state index in [0.717, 1.165) is 25.1 Å². The van der Waals surface area contributed by atoms with Gasteiger partial charge in [0.1, 0.15) is 5.75 Å². The van der Waals surface area contributed by atoms with Crippen LogP contribution in [0.5, 0.6) is 5.75 Å². The number of aryl methyl sites for hydroxylation is 2. The summed E-state index contributed by atoms with van der Waals surface area (Å²) in [4.78, 5) is 0. The molecular weight excluding hydrogens is 258 g/mol. The lowest BCUT2D eigenvalue weighted by atomic mass is 9.89. The van der Waals surface area contributed by atoms with E-state index in [1.165, 1.54) is 27.8 Å². The van der Waals surface area contributed by atoms with E-state index in [1.54, 1.807) is 7.11 Å². The lowest BCUT2D eigenvalue weighted by Gasteiger charge is -2.28. The molecule has 1 aliphatic rings. The SMILES string of the molecule is COc1cccc2c1CCNC2Cc1ccc(C)c(C)c1. The number of ether oxygens (including phenoxy) is 1. The second kappa shape index (κ2) is 5.90. The van der Waals surface area contributed by atoms with Crippen molar-refractivity contribution in [2.75, 3.05) is 13.7 Å². The van der Waals surface area contributed by atoms with Crippen LogP contribution in [0, 0.1) is 13.8 Å². The van der Waals surface area contributed by atoms with Crippen molar-refractivity contribution in [3.05, 3.63) is 64.2 Å². The van der Waals surface area contributed by atoms with Gasteiger partial charge < -0.3 is 10.1 Å². The summed E-state index contributed by atoms with van der Waals surface area (Å²) in [6, 6.07) is 13.6. The molecule has 2 nitrogen and oxygen atoms in total. The molecule has 0 radical (unpaired) electrons. The molecule has 0 aliphatic carbocycles. The summed E-state index contributed by atoms with van der Waals surface area (Å²) < 4.78 is 5.52. The molecule has 110 valence electrons. The third-order valence-corrected chi connectivity index (χ3v) is 4.54. The van der Waals surface area contributed by atoms with Gasteiger partial charge >= 0.3 is 0 Å². The van der Waals surface area contributed by atoms with Crippen LogP contribution >= 0.6 is 0 Å². The summed E-state index contributed by atoms with van der Waals surface area (Å²) in [5.74, 6) is 1.03. The van der Waals surface area contributed by atoms with Gasteiger partial charge in [-0.25, -0.2) is 0 Å². The Morgan fingerprint density at radius 3 is 2.76 bits per heavy atom. The summed E-state index contributed by atoms with van der Waals surface area (Å²) in [6.45, 7) is 5.37. The molecule has 1 unspecified atom stereocenters. The molecule has 1 heterocycles. The molecule has 0 saturated carbocycles. The highest BCUT2D eigenvalue weighted by Gasteiger charge is 2.22. The Morgan fingerprint density at radius 2 is 2.00 bits per heavy atom. The van der Waals surface area contributed by atoms with Gasteiger partial charge in [0.05, 0.1) is 7.11 Å². The van der Waals surface area contributed by atoms with E-state index in [2.05, 4.69) is 55.6 Å². The van der Waals surface area contributed by atoms with Crippen LogP contribution in [0.1, 0.15) is 33.9 Å². The maximum Gasteiger partial charge on any atom is 0.122 e. The van der Waals surface area contributed by atoms with Crippen LogP contribution in [0.15, 0.2) is 36.4 Å². The zero-order valence-corrected chi connectivity index (χ0v) is 13.1. The Labute approximate surface area is 127 Å². The molecule has 21 heavy (non-hydrogen) atoms. The standard InChI is InChI=1S/C19H23NO/c1-13-7-8-15(11-14(13)2)12-18-16-5-4-6-19(21-3)17(16)9-10-20-18/h4-8,11,18,20H,9-10,12H2,1-3H3. The number of benzene rings is 2. The van der Waals surface area contributed by atoms with E-state index in [1.807, 2.05) is 0 Å². The Bertz CT molecular complexity index is 648. The molecule has 1 atom stereocenters. The normalized spacial score (nSPS) is 17.4. The summed E-state index contributed by atoms with van der Waals surface area (Å²) in [6.07, 6.45) is 2.07. The average Bonchev–Trinajstić information content (AvgIpc) is 2.51. The third kappa shape index (κ3) is 2.81. The van der Waals surface area contributed by atoms with E-state index < -0.39 is 0 Å². The summed E-state index contributed by atoms with van der Waals surface area (Å²) in [7, 11) is 1.76. The molecule has 2 heteroatoms. The van der Waals surface area contributed by atoms with Crippen molar-refractivity contribution < 1.29 is 4.74 Å². The number of hydrogen-bond acceptors (Lipinski definition) is 2. The fourth-order valence-electron chi connectivity index (χ4n) is 3.20. The minimum atomic E-state index is 0.381. The second-order valence-electron chi connectivity index (χ2n) is 5.91. The van der Waals surface area contributed by atoms with Crippen molar-refractivity contribution >= 4 is 0 Å². The molecule has 0 fully saturated rings. The maximum atomic E-state index is 5.52. The van der Waals surface area contributed by atoms with Crippen LogP contribution in [-0.2, 0) is 12.8 Å². The quantitative estimate of drug-likeness (QED) is 0.925. The lowest BCUT2D eigenvalue weighted by molar-refractivity contribution is 0.400. The van der Waals surface area contributed by atoms with Crippen LogP contribution < -0.4 is 10.1 Å². The van der Waals surface area contributed by atoms with Crippen molar-refractivity contribution in [1.82, 2.24) is 5.32 Å². The van der Waals surface area contributed by atoms with Gasteiger partial charge in [-0.1, -0.05) is 30.3 Å². The van der Waals surface area contributed by atoms with Crippen LogP contribution in [0.25, 0.3) is 0 Å². The third-order valence-electron chi connectivity index (χ3n) is 4.54. The van der Waals surface area contributed by atoms with Crippen molar-refractivity contribution in [1.29, 1.82) is 0 Å². The largest absolute Gasteiger partial charge is 0.496 e. The van der Waals surface area contributed by atoms with Crippen molar-refractivity contribution in [3.63, 3.8) is 0 Å². The Morgan fingerprint density at radius 1 is 1.14 bits per heavy atom. The van der Waals surface area contributed by atoms with Crippen molar-refractivity contribution in [2.45, 2.75) is 32.7 Å². The van der Waals surface area contributed by atoms with E-state index in [0.29, 0.717) is 6.04 Å². The molecule has 0 saturated heterocycles. The van der Waals surface area contributed by atoms with Gasteiger partial charge in [0, 0.05) is 11.6 Å². The molecule has 0 spiro atoms. The fourth-order valence-corrected chi connectivity index (χ4v) is 3.20. The van der Waals surface area contributed by atoms with E-state index in [-0.39, 0.29) is 0 Å². The minimum absolute atomic E-state index is 0.381. The molecule has 2 aromatic rings. The fraction of sp³-hybridized carbons (Fsp3) is 0.368. The molecule has 3 rings (SSSR count). The number of hydrogen-bond donors (Lipinski definition) is 1. The lowest BCUT2D eigenvalue weighted by Crippen LogP contribution is -2.31. The number of methoxy groups -OCH3 is 1. The summed E-state index contributed by atoms with van der Waals surface area (Å²) in [5.41, 5.74) is 6.88. The Balaban J connectivity index is 1.90. The Hall–Kier alpha value is -1.80. The van der Waals surface area contributed by atoms with Gasteiger partial charge in [0.25, 0.3) is 0 Å². The average molecular weight is 281 g/mol. The zero-order chi connectivity index (χ0) is 14.8. The maximum absolute atomic E-state index is 5.52. The van der Waals surface area contributed by atoms with Gasteiger partial charge in [-0.2, -0.15) is 0 Å². The van der Waals surface area contributed by atoms with Crippen molar-refractivity contribution in [3.8, 4) is 5.75 Å². The zero-order valence-electron chi connectivity index (χ0n) is 13.1. The van der Waals surface area contributed by atoms with Gasteiger partial charge in [0.2, 0.25) is 0 Å². The first-order valence-electron chi connectivity index (χ1n) is 7.64. The Kier molecular flexibility index (Phi) is 3.98. The van der Waals surface area contributed by atoms with Gasteiger partial charge in [-0.3, -0.25) is 0 Å². The van der Waals surface area contributed by atoms with E-state index >= 15 is 0 Å². The predicted molar refractivity (Wildman–Crippen MR) is 87.1 cm³/mol. The van der Waals surface area contributed by atoms with E-state index in [4.69, 9.17) is 4.74 Å². The number of nitrogens with one attached hydrogen (secondary N) is 1. The predicted octanol–water partition coefficient (Wildman–Crippen LogP) is 3.74. The smallest absolute Gasteiger partial charge is 0.122 e. The van der Waals surface area contributed by atoms with E-state index in [9.17, 15) is 0 Å². The molecule has 1 aliphatic heterocycles.